The number of halogens is 1. The summed E-state index contributed by atoms with van der Waals surface area (Å²) >= 11 is 3.46. The van der Waals surface area contributed by atoms with E-state index in [4.69, 9.17) is 15.2 Å². The molecule has 1 aromatic heterocycles. The lowest BCUT2D eigenvalue weighted by atomic mass is 10.2. The van der Waals surface area contributed by atoms with Crippen molar-refractivity contribution in [2.45, 2.75) is 13.2 Å². The molecule has 0 aliphatic rings. The predicted octanol–water partition coefficient (Wildman–Crippen LogP) is 2.89. The molecule has 0 saturated heterocycles. The first-order chi connectivity index (χ1) is 9.24. The molecule has 5 heteroatoms. The van der Waals surface area contributed by atoms with E-state index in [1.54, 1.807) is 13.2 Å². The molecule has 4 nitrogen and oxygen atoms in total. The summed E-state index contributed by atoms with van der Waals surface area (Å²) in [7, 11) is 1.59. The van der Waals surface area contributed by atoms with Crippen LogP contribution < -0.4 is 15.2 Å². The maximum absolute atomic E-state index is 5.80. The number of hydrogen-bond donors (Lipinski definition) is 1. The van der Waals surface area contributed by atoms with E-state index in [1.807, 2.05) is 30.3 Å². The zero-order chi connectivity index (χ0) is 13.7. The number of pyridine rings is 1. The zero-order valence-corrected chi connectivity index (χ0v) is 12.2. The number of aromatic nitrogens is 1. The van der Waals surface area contributed by atoms with Crippen LogP contribution in [0.25, 0.3) is 0 Å². The number of nitrogens with two attached hydrogens (primary N) is 1. The maximum Gasteiger partial charge on any atom is 0.213 e. The van der Waals surface area contributed by atoms with Crippen LogP contribution in [0.4, 0.5) is 0 Å². The van der Waals surface area contributed by atoms with E-state index in [0.717, 1.165) is 21.5 Å². The van der Waals surface area contributed by atoms with Crippen LogP contribution in [-0.2, 0) is 13.2 Å². The molecule has 19 heavy (non-hydrogen) atoms. The Labute approximate surface area is 120 Å². The summed E-state index contributed by atoms with van der Waals surface area (Å²) in [6, 6.07) is 11.4. The topological polar surface area (TPSA) is 57.4 Å². The molecule has 0 bridgehead atoms. The van der Waals surface area contributed by atoms with Gasteiger partial charge in [0.2, 0.25) is 5.88 Å². The van der Waals surface area contributed by atoms with Crippen LogP contribution in [0, 0.1) is 0 Å². The van der Waals surface area contributed by atoms with E-state index < -0.39 is 0 Å². The van der Waals surface area contributed by atoms with Gasteiger partial charge in [-0.3, -0.25) is 0 Å². The van der Waals surface area contributed by atoms with E-state index in [-0.39, 0.29) is 0 Å². The van der Waals surface area contributed by atoms with Crippen LogP contribution in [-0.4, -0.2) is 12.1 Å². The number of ether oxygens (including phenoxy) is 2. The van der Waals surface area contributed by atoms with Gasteiger partial charge in [0, 0.05) is 18.2 Å². The predicted molar refractivity (Wildman–Crippen MR) is 77.2 cm³/mol. The Hall–Kier alpha value is -1.59. The molecule has 0 aliphatic carbocycles. The average Bonchev–Trinajstić information content (AvgIpc) is 2.46. The Balaban J connectivity index is 2.14. The van der Waals surface area contributed by atoms with Gasteiger partial charge >= 0.3 is 0 Å². The van der Waals surface area contributed by atoms with Crippen LogP contribution in [0.15, 0.2) is 40.9 Å². The molecule has 0 fully saturated rings. The van der Waals surface area contributed by atoms with Crippen LogP contribution >= 0.6 is 15.9 Å². The first-order valence-electron chi connectivity index (χ1n) is 5.84. The highest BCUT2D eigenvalue weighted by Gasteiger charge is 2.07. The lowest BCUT2D eigenvalue weighted by Gasteiger charge is -2.12. The minimum Gasteiger partial charge on any atom is -0.486 e. The molecule has 0 atom stereocenters. The molecule has 0 aliphatic heterocycles. The molecular weight excluding hydrogens is 308 g/mol. The normalized spacial score (nSPS) is 10.3. The van der Waals surface area contributed by atoms with Gasteiger partial charge in [0.15, 0.2) is 0 Å². The Morgan fingerprint density at radius 2 is 2.00 bits per heavy atom. The third-order valence-corrected chi connectivity index (χ3v) is 3.25. The number of para-hydroxylation sites is 1. The number of hydrogen-bond acceptors (Lipinski definition) is 4. The summed E-state index contributed by atoms with van der Waals surface area (Å²) in [5.41, 5.74) is 7.46. The summed E-state index contributed by atoms with van der Waals surface area (Å²) < 4.78 is 11.8. The Bertz CT molecular complexity index is 561. The van der Waals surface area contributed by atoms with E-state index >= 15 is 0 Å². The molecule has 0 radical (unpaired) electrons. The van der Waals surface area contributed by atoms with Crippen molar-refractivity contribution < 1.29 is 9.47 Å². The van der Waals surface area contributed by atoms with Gasteiger partial charge in [-0.05, 0) is 28.1 Å². The highest BCUT2D eigenvalue weighted by molar-refractivity contribution is 9.10. The third kappa shape index (κ3) is 3.45. The second-order valence-corrected chi connectivity index (χ2v) is 4.75. The van der Waals surface area contributed by atoms with E-state index in [0.29, 0.717) is 19.0 Å². The third-order valence-electron chi connectivity index (χ3n) is 2.62. The van der Waals surface area contributed by atoms with Gasteiger partial charge < -0.3 is 15.2 Å². The highest BCUT2D eigenvalue weighted by Crippen LogP contribution is 2.29. The van der Waals surface area contributed by atoms with Gasteiger partial charge in [-0.25, -0.2) is 4.98 Å². The molecule has 1 heterocycles. The average molecular weight is 323 g/mol. The number of rotatable bonds is 5. The quantitative estimate of drug-likeness (QED) is 0.919. The second-order valence-electron chi connectivity index (χ2n) is 3.89. The summed E-state index contributed by atoms with van der Waals surface area (Å²) in [6.07, 6.45) is 0. The molecule has 0 unspecified atom stereocenters. The van der Waals surface area contributed by atoms with Crippen LogP contribution in [0.3, 0.4) is 0 Å². The molecule has 2 rings (SSSR count). The van der Waals surface area contributed by atoms with Gasteiger partial charge in [-0.1, -0.05) is 18.2 Å². The maximum atomic E-state index is 5.80. The van der Waals surface area contributed by atoms with Gasteiger partial charge in [0.1, 0.15) is 12.4 Å². The van der Waals surface area contributed by atoms with Crippen molar-refractivity contribution in [2.75, 3.05) is 7.11 Å². The van der Waals surface area contributed by atoms with Crippen LogP contribution in [0.5, 0.6) is 11.6 Å². The molecule has 2 N–H and O–H groups in total. The van der Waals surface area contributed by atoms with Crippen LogP contribution in [0.2, 0.25) is 0 Å². The standard InChI is InChI=1S/C14H15BrN2O2/c1-18-13-7-3-5-11(17-13)9-19-14-10(8-16)4-2-6-12(14)15/h2-7H,8-9,16H2,1H3. The number of benzene rings is 1. The molecule has 0 amide bonds. The van der Waals surface area contributed by atoms with Gasteiger partial charge in [-0.2, -0.15) is 0 Å². The highest BCUT2D eigenvalue weighted by atomic mass is 79.9. The second kappa shape index (κ2) is 6.54. The van der Waals surface area contributed by atoms with E-state index in [2.05, 4.69) is 20.9 Å². The van der Waals surface area contributed by atoms with Gasteiger partial charge in [0.25, 0.3) is 0 Å². The first-order valence-corrected chi connectivity index (χ1v) is 6.64. The lowest BCUT2D eigenvalue weighted by molar-refractivity contribution is 0.293. The van der Waals surface area contributed by atoms with E-state index in [1.165, 1.54) is 0 Å². The fourth-order valence-electron chi connectivity index (χ4n) is 1.67. The molecule has 0 spiro atoms. The van der Waals surface area contributed by atoms with Crippen molar-refractivity contribution in [2.24, 2.45) is 5.73 Å². The number of nitrogens with zero attached hydrogens (tertiary/aromatic N) is 1. The van der Waals surface area contributed by atoms with Crippen molar-refractivity contribution in [3.63, 3.8) is 0 Å². The fraction of sp³-hybridized carbons (Fsp3) is 0.214. The Morgan fingerprint density at radius 3 is 2.74 bits per heavy atom. The molecule has 2 aromatic rings. The van der Waals surface area contributed by atoms with Crippen molar-refractivity contribution in [1.29, 1.82) is 0 Å². The van der Waals surface area contributed by atoms with Crippen molar-refractivity contribution in [1.82, 2.24) is 4.98 Å². The van der Waals surface area contributed by atoms with Crippen molar-refractivity contribution >= 4 is 15.9 Å². The zero-order valence-electron chi connectivity index (χ0n) is 10.6. The molecule has 100 valence electrons. The van der Waals surface area contributed by atoms with Gasteiger partial charge in [0.05, 0.1) is 17.3 Å². The van der Waals surface area contributed by atoms with Crippen LogP contribution in [0.1, 0.15) is 11.3 Å². The lowest BCUT2D eigenvalue weighted by Crippen LogP contribution is -2.04. The molecular formula is C14H15BrN2O2. The fourth-order valence-corrected chi connectivity index (χ4v) is 2.20. The summed E-state index contributed by atoms with van der Waals surface area (Å²) in [6.45, 7) is 0.799. The minimum atomic E-state index is 0.368. The summed E-state index contributed by atoms with van der Waals surface area (Å²) in [4.78, 5) is 4.30. The van der Waals surface area contributed by atoms with Crippen molar-refractivity contribution in [3.05, 3.63) is 52.1 Å². The minimum absolute atomic E-state index is 0.368. The Morgan fingerprint density at radius 1 is 1.21 bits per heavy atom. The van der Waals surface area contributed by atoms with E-state index in [9.17, 15) is 0 Å². The molecule has 1 aromatic carbocycles. The Kier molecular flexibility index (Phi) is 4.76. The monoisotopic (exact) mass is 322 g/mol. The largest absolute Gasteiger partial charge is 0.486 e. The SMILES string of the molecule is COc1cccc(COc2c(Br)cccc2CN)n1. The summed E-state index contributed by atoms with van der Waals surface area (Å²) in [5, 5.41) is 0. The first kappa shape index (κ1) is 13.8. The number of methoxy groups -OCH3 is 1. The smallest absolute Gasteiger partial charge is 0.213 e. The van der Waals surface area contributed by atoms with Gasteiger partial charge in [-0.15, -0.1) is 0 Å². The molecule has 0 saturated carbocycles. The summed E-state index contributed by atoms with van der Waals surface area (Å²) in [5.74, 6) is 1.34. The van der Waals surface area contributed by atoms with Crippen molar-refractivity contribution in [3.8, 4) is 11.6 Å².